The van der Waals surface area contributed by atoms with E-state index in [4.69, 9.17) is 26.8 Å². The number of hydrogen-bond acceptors (Lipinski definition) is 4. The summed E-state index contributed by atoms with van der Waals surface area (Å²) < 4.78 is 11.4. The number of Topliss-reactive ketones (excluding diaryl/α,β-unsaturated/α-hetero) is 1. The van der Waals surface area contributed by atoms with Crippen LogP contribution in [0.4, 0.5) is 5.69 Å². The van der Waals surface area contributed by atoms with Gasteiger partial charge in [0, 0.05) is 31.3 Å². The highest BCUT2D eigenvalue weighted by Crippen LogP contribution is 2.38. The van der Waals surface area contributed by atoms with Gasteiger partial charge in [0.25, 0.3) is 0 Å². The summed E-state index contributed by atoms with van der Waals surface area (Å²) in [7, 11) is 0. The highest BCUT2D eigenvalue weighted by Gasteiger charge is 2.41. The molecule has 0 aliphatic carbocycles. The van der Waals surface area contributed by atoms with Crippen LogP contribution >= 0.6 is 11.6 Å². The molecule has 1 aromatic carbocycles. The number of rotatable bonds is 2. The van der Waals surface area contributed by atoms with Crippen molar-refractivity contribution in [3.8, 4) is 0 Å². The first-order chi connectivity index (χ1) is 10.1. The number of benzene rings is 1. The number of ketones is 1. The molecule has 2 saturated heterocycles. The fourth-order valence-electron chi connectivity index (χ4n) is 3.28. The van der Waals surface area contributed by atoms with Crippen LogP contribution in [0.1, 0.15) is 36.0 Å². The lowest BCUT2D eigenvalue weighted by molar-refractivity contribution is -0.142. The minimum atomic E-state index is -0.172. The Bertz CT molecular complexity index is 535. The van der Waals surface area contributed by atoms with Crippen molar-refractivity contribution in [3.05, 3.63) is 28.8 Å². The number of carbonyl (C=O) groups is 1. The Morgan fingerprint density at radius 2 is 2.05 bits per heavy atom. The summed E-state index contributed by atoms with van der Waals surface area (Å²) >= 11 is 5.92. The third-order valence-corrected chi connectivity index (χ3v) is 4.89. The van der Waals surface area contributed by atoms with Crippen molar-refractivity contribution in [1.29, 1.82) is 0 Å². The summed E-state index contributed by atoms with van der Waals surface area (Å²) in [5.41, 5.74) is 6.73. The van der Waals surface area contributed by atoms with Crippen molar-refractivity contribution in [2.45, 2.75) is 31.3 Å². The normalized spacial score (nSPS) is 24.9. The molecule has 2 aliphatic heterocycles. The summed E-state index contributed by atoms with van der Waals surface area (Å²) in [6.45, 7) is 2.07. The summed E-state index contributed by atoms with van der Waals surface area (Å²) in [6, 6.07) is 5.12. The van der Waals surface area contributed by atoms with Crippen LogP contribution < -0.4 is 5.73 Å². The summed E-state index contributed by atoms with van der Waals surface area (Å²) in [6.07, 6.45) is 3.29. The minimum Gasteiger partial charge on any atom is -0.398 e. The van der Waals surface area contributed by atoms with Crippen molar-refractivity contribution in [3.63, 3.8) is 0 Å². The van der Waals surface area contributed by atoms with Gasteiger partial charge in [-0.15, -0.1) is 0 Å². The predicted molar refractivity (Wildman–Crippen MR) is 81.7 cm³/mol. The maximum absolute atomic E-state index is 12.7. The SMILES string of the molecule is Nc1cc(C(=O)C2CCOC3(CCOCC3)C2)ccc1Cl. The first-order valence-electron chi connectivity index (χ1n) is 7.41. The van der Waals surface area contributed by atoms with Crippen LogP contribution in [0.3, 0.4) is 0 Å². The zero-order valence-corrected chi connectivity index (χ0v) is 12.7. The van der Waals surface area contributed by atoms with Crippen LogP contribution in [0, 0.1) is 5.92 Å². The van der Waals surface area contributed by atoms with Gasteiger partial charge in [0.2, 0.25) is 0 Å². The number of nitrogens with two attached hydrogens (primary N) is 1. The van der Waals surface area contributed by atoms with E-state index in [2.05, 4.69) is 0 Å². The van der Waals surface area contributed by atoms with Gasteiger partial charge in [-0.2, -0.15) is 0 Å². The Morgan fingerprint density at radius 3 is 2.76 bits per heavy atom. The molecule has 3 rings (SSSR count). The van der Waals surface area contributed by atoms with Crippen molar-refractivity contribution >= 4 is 23.1 Å². The van der Waals surface area contributed by atoms with Crippen molar-refractivity contribution in [2.24, 2.45) is 5.92 Å². The van der Waals surface area contributed by atoms with Gasteiger partial charge in [0.05, 0.1) is 16.3 Å². The fourth-order valence-corrected chi connectivity index (χ4v) is 3.39. The van der Waals surface area contributed by atoms with E-state index in [-0.39, 0.29) is 17.3 Å². The smallest absolute Gasteiger partial charge is 0.166 e. The van der Waals surface area contributed by atoms with Crippen LogP contribution in [-0.2, 0) is 9.47 Å². The molecule has 2 N–H and O–H groups in total. The van der Waals surface area contributed by atoms with E-state index in [1.165, 1.54) is 0 Å². The number of nitrogen functional groups attached to an aromatic ring is 1. The van der Waals surface area contributed by atoms with E-state index in [1.54, 1.807) is 18.2 Å². The second-order valence-corrected chi connectivity index (χ2v) is 6.34. The molecule has 114 valence electrons. The predicted octanol–water partition coefficient (Wildman–Crippen LogP) is 3.08. The molecule has 1 spiro atoms. The monoisotopic (exact) mass is 309 g/mol. The maximum Gasteiger partial charge on any atom is 0.166 e. The highest BCUT2D eigenvalue weighted by atomic mass is 35.5. The minimum absolute atomic E-state index is 0.00238. The van der Waals surface area contributed by atoms with Crippen LogP contribution in [0.2, 0.25) is 5.02 Å². The largest absolute Gasteiger partial charge is 0.398 e. The Balaban J connectivity index is 1.76. The Morgan fingerprint density at radius 1 is 1.29 bits per heavy atom. The van der Waals surface area contributed by atoms with Crippen LogP contribution in [0.15, 0.2) is 18.2 Å². The number of halogens is 1. The van der Waals surface area contributed by atoms with Gasteiger partial charge in [0.15, 0.2) is 5.78 Å². The van der Waals surface area contributed by atoms with Gasteiger partial charge >= 0.3 is 0 Å². The summed E-state index contributed by atoms with van der Waals surface area (Å²) in [5.74, 6) is 0.143. The molecule has 21 heavy (non-hydrogen) atoms. The van der Waals surface area contributed by atoms with E-state index < -0.39 is 0 Å². The molecule has 2 fully saturated rings. The van der Waals surface area contributed by atoms with Crippen molar-refractivity contribution in [2.75, 3.05) is 25.6 Å². The molecule has 4 nitrogen and oxygen atoms in total. The molecular weight excluding hydrogens is 290 g/mol. The molecular formula is C16H20ClNO3. The second-order valence-electron chi connectivity index (χ2n) is 5.93. The molecule has 1 unspecified atom stereocenters. The molecule has 1 aromatic rings. The Labute approximate surface area is 129 Å². The first-order valence-corrected chi connectivity index (χ1v) is 7.78. The lowest BCUT2D eigenvalue weighted by Gasteiger charge is -2.42. The van der Waals surface area contributed by atoms with E-state index in [0.717, 1.165) is 38.9 Å². The van der Waals surface area contributed by atoms with Crippen molar-refractivity contribution in [1.82, 2.24) is 0 Å². The lowest BCUT2D eigenvalue weighted by atomic mass is 9.78. The molecule has 2 aliphatic rings. The first kappa shape index (κ1) is 14.8. The van der Waals surface area contributed by atoms with E-state index in [1.807, 2.05) is 0 Å². The van der Waals surface area contributed by atoms with Gasteiger partial charge in [0.1, 0.15) is 0 Å². The molecule has 0 bridgehead atoms. The zero-order chi connectivity index (χ0) is 14.9. The molecule has 5 heteroatoms. The summed E-state index contributed by atoms with van der Waals surface area (Å²) in [5, 5.41) is 0.486. The van der Waals surface area contributed by atoms with E-state index in [0.29, 0.717) is 22.9 Å². The van der Waals surface area contributed by atoms with Gasteiger partial charge in [-0.05, 0) is 43.9 Å². The average molecular weight is 310 g/mol. The van der Waals surface area contributed by atoms with Gasteiger partial charge < -0.3 is 15.2 Å². The number of carbonyl (C=O) groups excluding carboxylic acids is 1. The van der Waals surface area contributed by atoms with Gasteiger partial charge in [-0.3, -0.25) is 4.79 Å². The third kappa shape index (κ3) is 3.07. The maximum atomic E-state index is 12.7. The van der Waals surface area contributed by atoms with Gasteiger partial charge in [-0.1, -0.05) is 11.6 Å². The molecule has 0 saturated carbocycles. The van der Waals surface area contributed by atoms with Gasteiger partial charge in [-0.25, -0.2) is 0 Å². The number of anilines is 1. The van der Waals surface area contributed by atoms with Crippen LogP contribution in [0.5, 0.6) is 0 Å². The molecule has 0 radical (unpaired) electrons. The second kappa shape index (κ2) is 5.95. The van der Waals surface area contributed by atoms with E-state index in [9.17, 15) is 4.79 Å². The quantitative estimate of drug-likeness (QED) is 0.673. The fraction of sp³-hybridized carbons (Fsp3) is 0.562. The van der Waals surface area contributed by atoms with E-state index >= 15 is 0 Å². The van der Waals surface area contributed by atoms with Crippen molar-refractivity contribution < 1.29 is 14.3 Å². The molecule has 0 amide bonds. The average Bonchev–Trinajstić information content (AvgIpc) is 2.50. The number of ether oxygens (including phenoxy) is 2. The molecule has 0 aromatic heterocycles. The standard InChI is InChI=1S/C16H20ClNO3/c17-13-2-1-11(9-14(13)18)15(19)12-3-6-21-16(10-12)4-7-20-8-5-16/h1-2,9,12H,3-8,10,18H2. The number of hydrogen-bond donors (Lipinski definition) is 1. The summed E-state index contributed by atoms with van der Waals surface area (Å²) in [4.78, 5) is 12.7. The topological polar surface area (TPSA) is 61.6 Å². The van der Waals surface area contributed by atoms with Crippen LogP contribution in [0.25, 0.3) is 0 Å². The van der Waals surface area contributed by atoms with Crippen LogP contribution in [-0.4, -0.2) is 31.2 Å². The molecule has 2 heterocycles. The Kier molecular flexibility index (Phi) is 4.20. The highest BCUT2D eigenvalue weighted by molar-refractivity contribution is 6.33. The Hall–Kier alpha value is -1.10. The zero-order valence-electron chi connectivity index (χ0n) is 11.9. The lowest BCUT2D eigenvalue weighted by Crippen LogP contribution is -2.45. The third-order valence-electron chi connectivity index (χ3n) is 4.55. The molecule has 1 atom stereocenters.